The van der Waals surface area contributed by atoms with Crippen LogP contribution in [0.4, 0.5) is 4.39 Å². The molecule has 0 aliphatic carbocycles. The molecule has 1 unspecified atom stereocenters. The Kier molecular flexibility index (Phi) is 4.58. The lowest BCUT2D eigenvalue weighted by atomic mass is 10.1. The molecule has 0 saturated carbocycles. The Morgan fingerprint density at radius 3 is 2.37 bits per heavy atom. The second-order valence-electron chi connectivity index (χ2n) is 4.13. The minimum Gasteiger partial charge on any atom is -0.236 e. The molecule has 2 rings (SSSR count). The smallest absolute Gasteiger partial charge is 0.172 e. The lowest BCUT2D eigenvalue weighted by Crippen LogP contribution is -1.95. The average Bonchev–Trinajstić information content (AvgIpc) is 2.46. The van der Waals surface area contributed by atoms with Crippen LogP contribution in [0.3, 0.4) is 0 Å². The van der Waals surface area contributed by atoms with Crippen LogP contribution >= 0.6 is 0 Å². The van der Waals surface area contributed by atoms with Crippen molar-refractivity contribution in [2.45, 2.75) is 18.0 Å². The van der Waals surface area contributed by atoms with Crippen LogP contribution in [0, 0.1) is 6.92 Å². The van der Waals surface area contributed by atoms with Gasteiger partial charge in [0.15, 0.2) is 17.2 Å². The molecule has 0 aromatic heterocycles. The first-order valence-corrected chi connectivity index (χ1v) is 6.99. The van der Waals surface area contributed by atoms with Crippen LogP contribution in [-0.2, 0) is 11.0 Å². The molecule has 2 aromatic rings. The summed E-state index contributed by atoms with van der Waals surface area (Å²) in [7, 11) is -1.56. The Hall–Kier alpha value is -1.81. The topological polar surface area (TPSA) is 29.4 Å². The summed E-state index contributed by atoms with van der Waals surface area (Å²) in [5, 5.41) is 0. The SMILES string of the molecule is Cc1ccc(S(=O)/N=C/[C@H](F)c2ccccc2)cc1. The van der Waals surface area contributed by atoms with Gasteiger partial charge in [0.25, 0.3) is 0 Å². The van der Waals surface area contributed by atoms with Crippen LogP contribution in [0.25, 0.3) is 0 Å². The first-order valence-electron chi connectivity index (χ1n) is 5.88. The number of hydrogen-bond donors (Lipinski definition) is 0. The Labute approximate surface area is 114 Å². The lowest BCUT2D eigenvalue weighted by Gasteiger charge is -2.02. The van der Waals surface area contributed by atoms with Crippen molar-refractivity contribution in [1.82, 2.24) is 0 Å². The molecule has 0 radical (unpaired) electrons. The molecular formula is C15H14FNOS. The Bertz CT molecular complexity index is 581. The highest BCUT2D eigenvalue weighted by molar-refractivity contribution is 7.83. The first-order chi connectivity index (χ1) is 9.16. The average molecular weight is 275 g/mol. The van der Waals surface area contributed by atoms with Gasteiger partial charge in [0, 0.05) is 0 Å². The summed E-state index contributed by atoms with van der Waals surface area (Å²) in [6.45, 7) is 1.95. The third-order valence-electron chi connectivity index (χ3n) is 2.63. The molecule has 0 saturated heterocycles. The number of halogens is 1. The fourth-order valence-electron chi connectivity index (χ4n) is 1.55. The van der Waals surface area contributed by atoms with Crippen molar-refractivity contribution in [1.29, 1.82) is 0 Å². The maximum absolute atomic E-state index is 13.8. The number of hydrogen-bond acceptors (Lipinski definition) is 1. The van der Waals surface area contributed by atoms with Gasteiger partial charge in [0.05, 0.1) is 11.1 Å². The van der Waals surface area contributed by atoms with E-state index in [4.69, 9.17) is 0 Å². The van der Waals surface area contributed by atoms with Crippen molar-refractivity contribution in [3.63, 3.8) is 0 Å². The molecule has 0 aliphatic rings. The van der Waals surface area contributed by atoms with Gasteiger partial charge in [0.1, 0.15) is 0 Å². The molecule has 2 atom stereocenters. The van der Waals surface area contributed by atoms with Gasteiger partial charge in [-0.05, 0) is 24.6 Å². The summed E-state index contributed by atoms with van der Waals surface area (Å²) >= 11 is 0. The Morgan fingerprint density at radius 2 is 1.74 bits per heavy atom. The molecule has 2 aromatic carbocycles. The highest BCUT2D eigenvalue weighted by atomic mass is 32.2. The van der Waals surface area contributed by atoms with Crippen LogP contribution in [0.15, 0.2) is 63.9 Å². The van der Waals surface area contributed by atoms with E-state index in [1.54, 1.807) is 36.4 Å². The van der Waals surface area contributed by atoms with Gasteiger partial charge in [-0.3, -0.25) is 0 Å². The van der Waals surface area contributed by atoms with E-state index in [1.165, 1.54) is 0 Å². The maximum atomic E-state index is 13.8. The quantitative estimate of drug-likeness (QED) is 0.780. The zero-order valence-corrected chi connectivity index (χ0v) is 11.3. The Morgan fingerprint density at radius 1 is 1.11 bits per heavy atom. The van der Waals surface area contributed by atoms with Gasteiger partial charge >= 0.3 is 0 Å². The van der Waals surface area contributed by atoms with Crippen molar-refractivity contribution < 1.29 is 8.60 Å². The van der Waals surface area contributed by atoms with Crippen molar-refractivity contribution in [2.75, 3.05) is 0 Å². The molecule has 0 aliphatic heterocycles. The molecule has 0 fully saturated rings. The fourth-order valence-corrected chi connectivity index (χ4v) is 2.26. The van der Waals surface area contributed by atoms with E-state index < -0.39 is 17.2 Å². The Balaban J connectivity index is 2.06. The normalized spacial score (nSPS) is 14.4. The number of nitrogens with zero attached hydrogens (tertiary/aromatic N) is 1. The summed E-state index contributed by atoms with van der Waals surface area (Å²) in [6, 6.07) is 15.9. The highest BCUT2D eigenvalue weighted by Crippen LogP contribution is 2.15. The minimum atomic E-state index is -1.56. The molecule has 4 heteroatoms. The van der Waals surface area contributed by atoms with E-state index in [9.17, 15) is 8.60 Å². The zero-order valence-electron chi connectivity index (χ0n) is 10.5. The van der Waals surface area contributed by atoms with E-state index in [1.807, 2.05) is 25.1 Å². The van der Waals surface area contributed by atoms with Crippen LogP contribution in [0.1, 0.15) is 17.3 Å². The standard InChI is InChI=1S/C15H14FNOS/c1-12-7-9-14(10-8-12)19(18)17-11-15(16)13-5-3-2-4-6-13/h2-11,15H,1H3/b17-11+/t15-,19?/m0/s1. The summed E-state index contributed by atoms with van der Waals surface area (Å²) in [6.07, 6.45) is -0.249. The number of rotatable bonds is 4. The van der Waals surface area contributed by atoms with E-state index in [0.717, 1.165) is 11.8 Å². The largest absolute Gasteiger partial charge is 0.236 e. The molecule has 0 amide bonds. The fraction of sp³-hybridized carbons (Fsp3) is 0.133. The van der Waals surface area contributed by atoms with Crippen LogP contribution in [0.5, 0.6) is 0 Å². The van der Waals surface area contributed by atoms with Gasteiger partial charge in [-0.1, -0.05) is 48.0 Å². The molecule has 0 spiro atoms. The van der Waals surface area contributed by atoms with Gasteiger partial charge in [-0.15, -0.1) is 0 Å². The maximum Gasteiger partial charge on any atom is 0.172 e. The number of alkyl halides is 1. The summed E-state index contributed by atoms with van der Waals surface area (Å²) in [5.41, 5.74) is 1.59. The molecule has 0 heterocycles. The van der Waals surface area contributed by atoms with Gasteiger partial charge in [-0.2, -0.15) is 4.40 Å². The zero-order chi connectivity index (χ0) is 13.7. The third kappa shape index (κ3) is 3.83. The molecule has 0 bridgehead atoms. The predicted molar refractivity (Wildman–Crippen MR) is 76.4 cm³/mol. The van der Waals surface area contributed by atoms with E-state index in [-0.39, 0.29) is 0 Å². The second-order valence-corrected chi connectivity index (χ2v) is 5.31. The minimum absolute atomic E-state index is 0.507. The van der Waals surface area contributed by atoms with Gasteiger partial charge < -0.3 is 0 Å². The van der Waals surface area contributed by atoms with Crippen LogP contribution in [0.2, 0.25) is 0 Å². The van der Waals surface area contributed by atoms with Crippen molar-refractivity contribution in [2.24, 2.45) is 4.40 Å². The van der Waals surface area contributed by atoms with E-state index in [2.05, 4.69) is 4.40 Å². The van der Waals surface area contributed by atoms with E-state index >= 15 is 0 Å². The van der Waals surface area contributed by atoms with Crippen molar-refractivity contribution >= 4 is 17.2 Å². The highest BCUT2D eigenvalue weighted by Gasteiger charge is 2.07. The summed E-state index contributed by atoms with van der Waals surface area (Å²) in [4.78, 5) is 0.571. The molecular weight excluding hydrogens is 261 g/mol. The summed E-state index contributed by atoms with van der Waals surface area (Å²) < 4.78 is 29.4. The van der Waals surface area contributed by atoms with Crippen molar-refractivity contribution in [3.05, 3.63) is 65.7 Å². The summed E-state index contributed by atoms with van der Waals surface area (Å²) in [5.74, 6) is 0. The monoisotopic (exact) mass is 275 g/mol. The van der Waals surface area contributed by atoms with E-state index in [0.29, 0.717) is 10.5 Å². The second kappa shape index (κ2) is 6.38. The third-order valence-corrected chi connectivity index (χ3v) is 3.62. The first kappa shape index (κ1) is 13.6. The molecule has 19 heavy (non-hydrogen) atoms. The van der Waals surface area contributed by atoms with Crippen LogP contribution < -0.4 is 0 Å². The molecule has 2 nitrogen and oxygen atoms in total. The van der Waals surface area contributed by atoms with Crippen LogP contribution in [-0.4, -0.2) is 10.4 Å². The number of benzene rings is 2. The molecule has 98 valence electrons. The van der Waals surface area contributed by atoms with Gasteiger partial charge in [0.2, 0.25) is 0 Å². The predicted octanol–water partition coefficient (Wildman–Crippen LogP) is 3.80. The molecule has 0 N–H and O–H groups in total. The lowest BCUT2D eigenvalue weighted by molar-refractivity contribution is 0.447. The van der Waals surface area contributed by atoms with Crippen molar-refractivity contribution in [3.8, 4) is 0 Å². The van der Waals surface area contributed by atoms with Gasteiger partial charge in [-0.25, -0.2) is 8.60 Å². The number of aryl methyl sites for hydroxylation is 1.